The quantitative estimate of drug-likeness (QED) is 0.201. The van der Waals surface area contributed by atoms with Crippen LogP contribution in [0.4, 0.5) is 19.3 Å². The van der Waals surface area contributed by atoms with Crippen molar-refractivity contribution in [2.75, 3.05) is 11.9 Å². The van der Waals surface area contributed by atoms with Crippen LogP contribution in [0.1, 0.15) is 113 Å². The number of halogens is 2. The van der Waals surface area contributed by atoms with Crippen molar-refractivity contribution in [2.45, 2.75) is 109 Å². The Hall–Kier alpha value is -3.81. The number of para-hydroxylation sites is 1. The summed E-state index contributed by atoms with van der Waals surface area (Å²) in [5.74, 6) is -3.27. The summed E-state index contributed by atoms with van der Waals surface area (Å²) < 4.78 is 29.4. The molecule has 0 bridgehead atoms. The van der Waals surface area contributed by atoms with Crippen LogP contribution in [0.25, 0.3) is 0 Å². The molecule has 3 aromatic rings. The van der Waals surface area contributed by atoms with Gasteiger partial charge in [0.05, 0.1) is 0 Å². The molecule has 1 heterocycles. The first-order valence-corrected chi connectivity index (χ1v) is 16.1. The van der Waals surface area contributed by atoms with E-state index < -0.39 is 23.4 Å². The number of nitrogens with one attached hydrogen (secondary N) is 3. The van der Waals surface area contributed by atoms with Gasteiger partial charge in [0.2, 0.25) is 5.91 Å². The lowest BCUT2D eigenvalue weighted by Crippen LogP contribution is -2.60. The number of carbonyl (C=O) groups is 2. The van der Waals surface area contributed by atoms with E-state index in [0.717, 1.165) is 55.8 Å². The molecule has 1 unspecified atom stereocenters. The highest BCUT2D eigenvalue weighted by Crippen LogP contribution is 2.38. The van der Waals surface area contributed by atoms with Gasteiger partial charge in [0.25, 0.3) is 5.92 Å². The van der Waals surface area contributed by atoms with Gasteiger partial charge >= 0.3 is 6.03 Å². The maximum atomic E-state index is 14.7. The van der Waals surface area contributed by atoms with E-state index in [0.29, 0.717) is 17.8 Å². The van der Waals surface area contributed by atoms with E-state index in [4.69, 9.17) is 0 Å². The third-order valence-electron chi connectivity index (χ3n) is 9.14. The van der Waals surface area contributed by atoms with Gasteiger partial charge in [0.1, 0.15) is 5.54 Å². The van der Waals surface area contributed by atoms with Gasteiger partial charge in [-0.25, -0.2) is 13.6 Å². The van der Waals surface area contributed by atoms with Crippen LogP contribution in [0.3, 0.4) is 0 Å². The fourth-order valence-electron chi connectivity index (χ4n) is 6.63. The number of carbonyl (C=O) groups excluding carboxylic acids is 2. The van der Waals surface area contributed by atoms with Gasteiger partial charge in [-0.2, -0.15) is 0 Å². The van der Waals surface area contributed by atoms with Crippen molar-refractivity contribution in [2.24, 2.45) is 0 Å². The normalized spacial score (nSPS) is 16.2. The Labute approximate surface area is 266 Å². The van der Waals surface area contributed by atoms with Crippen LogP contribution < -0.4 is 16.0 Å². The molecule has 6 nitrogen and oxygen atoms in total. The largest absolute Gasteiger partial charge is 0.353 e. The fraction of sp³-hybridized carbons (Fsp3) is 0.486. The van der Waals surface area contributed by atoms with Crippen molar-refractivity contribution in [3.63, 3.8) is 0 Å². The van der Waals surface area contributed by atoms with Gasteiger partial charge in [-0.1, -0.05) is 95.5 Å². The van der Waals surface area contributed by atoms with Gasteiger partial charge < -0.3 is 16.0 Å². The van der Waals surface area contributed by atoms with Crippen LogP contribution in [0.5, 0.6) is 0 Å². The van der Waals surface area contributed by atoms with Crippen LogP contribution in [0.15, 0.2) is 66.9 Å². The molecule has 3 amide bonds. The molecule has 1 aromatic heterocycles. The smallest absolute Gasteiger partial charge is 0.320 e. The van der Waals surface area contributed by atoms with E-state index in [1.54, 1.807) is 31.3 Å². The number of amides is 3. The van der Waals surface area contributed by atoms with Crippen LogP contribution in [-0.2, 0) is 22.6 Å². The molecule has 2 aromatic carbocycles. The topological polar surface area (TPSA) is 83.1 Å². The molecular weight excluding hydrogens is 570 g/mol. The Bertz CT molecular complexity index is 1440. The van der Waals surface area contributed by atoms with Crippen molar-refractivity contribution in [1.29, 1.82) is 0 Å². The second-order valence-corrected chi connectivity index (χ2v) is 13.5. The van der Waals surface area contributed by atoms with E-state index in [-0.39, 0.29) is 29.2 Å². The zero-order chi connectivity index (χ0) is 32.8. The second-order valence-electron chi connectivity index (χ2n) is 13.5. The summed E-state index contributed by atoms with van der Waals surface area (Å²) in [6, 6.07) is 17.4. The lowest BCUT2D eigenvalue weighted by molar-refractivity contribution is -0.127. The SMILES string of the molecule is CC(C)c1cccc(C(C)C)c1NC(=O)NC(C)(Cc1ccccc1C(C)(F)F)C(=O)NCC1(c2ccccn2)CCCCC1. The van der Waals surface area contributed by atoms with Crippen molar-refractivity contribution in [3.05, 3.63) is 94.8 Å². The zero-order valence-corrected chi connectivity index (χ0v) is 27.5. The molecule has 45 heavy (non-hydrogen) atoms. The average Bonchev–Trinajstić information content (AvgIpc) is 3.00. The van der Waals surface area contributed by atoms with Gasteiger partial charge in [0.15, 0.2) is 0 Å². The molecular formula is C37H48F2N4O2. The number of aromatic nitrogens is 1. The Kier molecular flexibility index (Phi) is 10.7. The summed E-state index contributed by atoms with van der Waals surface area (Å²) >= 11 is 0. The monoisotopic (exact) mass is 618 g/mol. The van der Waals surface area contributed by atoms with Gasteiger partial charge in [-0.15, -0.1) is 0 Å². The molecule has 1 atom stereocenters. The van der Waals surface area contributed by atoms with Crippen molar-refractivity contribution in [1.82, 2.24) is 15.6 Å². The predicted octanol–water partition coefficient (Wildman–Crippen LogP) is 8.58. The highest BCUT2D eigenvalue weighted by molar-refractivity contribution is 5.97. The van der Waals surface area contributed by atoms with E-state index in [9.17, 15) is 18.4 Å². The molecule has 3 N–H and O–H groups in total. The molecule has 242 valence electrons. The van der Waals surface area contributed by atoms with Crippen LogP contribution in [0, 0.1) is 0 Å². The fourth-order valence-corrected chi connectivity index (χ4v) is 6.63. The summed E-state index contributed by atoms with van der Waals surface area (Å²) in [7, 11) is 0. The Morgan fingerprint density at radius 2 is 1.49 bits per heavy atom. The first kappa shape index (κ1) is 34.1. The number of hydrogen-bond donors (Lipinski definition) is 3. The standard InChI is InChI=1S/C37H48F2N4O2/c1-25(2)28-16-14-17-29(26(3)4)32(28)42-34(45)43-35(5,23-27-15-8-9-18-30(27)36(6,38)39)33(44)41-24-37(20-11-7-12-21-37)31-19-10-13-22-40-31/h8-10,13-19,22,25-26H,7,11-12,20-21,23-24H2,1-6H3,(H,41,44)(H2,42,43,45). The molecule has 8 heteroatoms. The summed E-state index contributed by atoms with van der Waals surface area (Å²) in [4.78, 5) is 32.7. The molecule has 0 spiro atoms. The molecule has 4 rings (SSSR count). The molecule has 1 saturated carbocycles. The molecule has 1 aliphatic rings. The lowest BCUT2D eigenvalue weighted by atomic mass is 9.71. The predicted molar refractivity (Wildman–Crippen MR) is 177 cm³/mol. The second kappa shape index (κ2) is 14.1. The molecule has 0 aliphatic heterocycles. The van der Waals surface area contributed by atoms with Crippen molar-refractivity contribution in [3.8, 4) is 0 Å². The van der Waals surface area contributed by atoms with E-state index >= 15 is 0 Å². The Balaban J connectivity index is 1.67. The first-order chi connectivity index (χ1) is 21.3. The third kappa shape index (κ3) is 8.08. The number of urea groups is 1. The van der Waals surface area contributed by atoms with Crippen molar-refractivity contribution < 1.29 is 18.4 Å². The third-order valence-corrected chi connectivity index (χ3v) is 9.14. The van der Waals surface area contributed by atoms with E-state index in [2.05, 4.69) is 48.6 Å². The summed E-state index contributed by atoms with van der Waals surface area (Å²) in [6.07, 6.45) is 6.58. The van der Waals surface area contributed by atoms with E-state index in [1.165, 1.54) is 6.07 Å². The molecule has 1 aliphatic carbocycles. The lowest BCUT2D eigenvalue weighted by Gasteiger charge is -2.38. The van der Waals surface area contributed by atoms with Gasteiger partial charge in [-0.3, -0.25) is 9.78 Å². The van der Waals surface area contributed by atoms with Gasteiger partial charge in [-0.05, 0) is 60.4 Å². The number of nitrogens with zero attached hydrogens (tertiary/aromatic N) is 1. The maximum Gasteiger partial charge on any atom is 0.320 e. The number of rotatable bonds is 11. The average molecular weight is 619 g/mol. The molecule has 1 fully saturated rings. The zero-order valence-electron chi connectivity index (χ0n) is 27.5. The highest BCUT2D eigenvalue weighted by Gasteiger charge is 2.41. The minimum absolute atomic E-state index is 0.120. The number of anilines is 1. The molecule has 0 saturated heterocycles. The number of alkyl halides is 2. The highest BCUT2D eigenvalue weighted by atomic mass is 19.3. The van der Waals surface area contributed by atoms with Crippen LogP contribution in [0.2, 0.25) is 0 Å². The summed E-state index contributed by atoms with van der Waals surface area (Å²) in [5, 5.41) is 9.08. The minimum Gasteiger partial charge on any atom is -0.353 e. The minimum atomic E-state index is -3.12. The summed E-state index contributed by atoms with van der Waals surface area (Å²) in [5.41, 5.74) is 1.84. The maximum absolute atomic E-state index is 14.7. The van der Waals surface area contributed by atoms with Crippen LogP contribution >= 0.6 is 0 Å². The van der Waals surface area contributed by atoms with E-state index in [1.807, 2.05) is 36.4 Å². The molecule has 0 radical (unpaired) electrons. The summed E-state index contributed by atoms with van der Waals surface area (Å²) in [6.45, 7) is 11.0. The number of pyridine rings is 1. The first-order valence-electron chi connectivity index (χ1n) is 16.1. The van der Waals surface area contributed by atoms with Gasteiger partial charge in [0, 0.05) is 48.4 Å². The van der Waals surface area contributed by atoms with Crippen molar-refractivity contribution >= 4 is 17.6 Å². The Morgan fingerprint density at radius 3 is 2.07 bits per heavy atom. The number of benzene rings is 2. The number of hydrogen-bond acceptors (Lipinski definition) is 3. The van der Waals surface area contributed by atoms with Crippen LogP contribution in [-0.4, -0.2) is 29.0 Å². The Morgan fingerprint density at radius 1 is 0.867 bits per heavy atom.